The van der Waals surface area contributed by atoms with Crippen molar-refractivity contribution in [3.8, 4) is 0 Å². The molecule has 2 fully saturated rings. The molecule has 1 atom stereocenters. The zero-order chi connectivity index (χ0) is 19.8. The number of aryl methyl sites for hydroxylation is 2. The van der Waals surface area contributed by atoms with E-state index in [1.165, 1.54) is 18.2 Å². The van der Waals surface area contributed by atoms with Gasteiger partial charge in [0.1, 0.15) is 4.83 Å². The first-order chi connectivity index (χ1) is 13.5. The Balaban J connectivity index is 1.64. The highest BCUT2D eigenvalue weighted by Gasteiger charge is 2.26. The van der Waals surface area contributed by atoms with Gasteiger partial charge in [-0.2, -0.15) is 0 Å². The van der Waals surface area contributed by atoms with Crippen LogP contribution in [0.15, 0.2) is 9.95 Å². The van der Waals surface area contributed by atoms with Crippen LogP contribution in [0.4, 0.5) is 0 Å². The van der Waals surface area contributed by atoms with Gasteiger partial charge >= 0.3 is 0 Å². The Morgan fingerprint density at radius 3 is 2.68 bits per heavy atom. The fraction of sp³-hybridized carbons (Fsp3) is 0.667. The molecular weight excluding hydrogens is 390 g/mol. The highest BCUT2D eigenvalue weighted by atomic mass is 32.2. The molecule has 2 aliphatic rings. The molecule has 4 rings (SSSR count). The van der Waals surface area contributed by atoms with Crippen LogP contribution in [0.3, 0.4) is 0 Å². The Kier molecular flexibility index (Phi) is 5.83. The van der Waals surface area contributed by atoms with E-state index in [0.29, 0.717) is 11.7 Å². The van der Waals surface area contributed by atoms with Crippen LogP contribution in [0.2, 0.25) is 0 Å². The maximum absolute atomic E-state index is 13.4. The molecule has 0 spiro atoms. The molecule has 1 saturated heterocycles. The number of thiophene rings is 1. The van der Waals surface area contributed by atoms with Gasteiger partial charge in [-0.05, 0) is 51.0 Å². The smallest absolute Gasteiger partial charge is 0.263 e. The monoisotopic (exact) mass is 419 g/mol. The minimum atomic E-state index is 0.0836. The first kappa shape index (κ1) is 20.0. The molecule has 28 heavy (non-hydrogen) atoms. The van der Waals surface area contributed by atoms with Gasteiger partial charge in [0.05, 0.1) is 11.1 Å². The lowest BCUT2D eigenvalue weighted by molar-refractivity contribution is -0.130. The topological polar surface area (TPSA) is 55.2 Å². The molecule has 7 heteroatoms. The van der Waals surface area contributed by atoms with Crippen LogP contribution in [-0.4, -0.2) is 39.2 Å². The Morgan fingerprint density at radius 2 is 1.96 bits per heavy atom. The van der Waals surface area contributed by atoms with Crippen LogP contribution >= 0.6 is 23.1 Å². The zero-order valence-corrected chi connectivity index (χ0v) is 18.6. The molecule has 1 amide bonds. The van der Waals surface area contributed by atoms with Gasteiger partial charge in [-0.15, -0.1) is 11.3 Å². The molecule has 2 aromatic heterocycles. The summed E-state index contributed by atoms with van der Waals surface area (Å²) in [7, 11) is 0. The predicted molar refractivity (Wildman–Crippen MR) is 117 cm³/mol. The first-order valence-electron chi connectivity index (χ1n) is 10.4. The van der Waals surface area contributed by atoms with E-state index in [-0.39, 0.29) is 17.5 Å². The van der Waals surface area contributed by atoms with Crippen molar-refractivity contribution in [1.82, 2.24) is 14.5 Å². The average Bonchev–Trinajstić information content (AvgIpc) is 3.28. The average molecular weight is 420 g/mol. The maximum Gasteiger partial charge on any atom is 0.263 e. The second-order valence-corrected chi connectivity index (χ2v) is 10.5. The third-order valence-electron chi connectivity index (χ3n) is 6.23. The van der Waals surface area contributed by atoms with E-state index < -0.39 is 0 Å². The molecule has 1 aliphatic heterocycles. The van der Waals surface area contributed by atoms with Gasteiger partial charge < -0.3 is 4.90 Å². The van der Waals surface area contributed by atoms with Crippen molar-refractivity contribution in [3.63, 3.8) is 0 Å². The van der Waals surface area contributed by atoms with E-state index in [1.54, 1.807) is 11.3 Å². The van der Waals surface area contributed by atoms with Crippen molar-refractivity contribution >= 4 is 39.2 Å². The SMILES string of the molecule is Cc1sc2nc(SCC(=O)N3CCCC(C)C3)n(C3CCCC3)c(=O)c2c1C. The number of nitrogens with zero attached hydrogens (tertiary/aromatic N) is 3. The minimum Gasteiger partial charge on any atom is -0.342 e. The number of likely N-dealkylation sites (tertiary alicyclic amines) is 1. The number of carbonyl (C=O) groups is 1. The summed E-state index contributed by atoms with van der Waals surface area (Å²) in [4.78, 5) is 34.9. The predicted octanol–water partition coefficient (Wildman–Crippen LogP) is 4.54. The molecule has 1 aliphatic carbocycles. The number of rotatable bonds is 4. The minimum absolute atomic E-state index is 0.0836. The molecule has 0 bridgehead atoms. The molecule has 5 nitrogen and oxygen atoms in total. The van der Waals surface area contributed by atoms with Crippen LogP contribution in [0, 0.1) is 19.8 Å². The lowest BCUT2D eigenvalue weighted by atomic mass is 10.0. The number of amides is 1. The van der Waals surface area contributed by atoms with Crippen molar-refractivity contribution in [1.29, 1.82) is 0 Å². The largest absolute Gasteiger partial charge is 0.342 e. The maximum atomic E-state index is 13.4. The third kappa shape index (κ3) is 3.75. The van der Waals surface area contributed by atoms with Crippen LogP contribution in [0.5, 0.6) is 0 Å². The van der Waals surface area contributed by atoms with Crippen molar-refractivity contribution < 1.29 is 4.79 Å². The van der Waals surface area contributed by atoms with Gasteiger partial charge in [-0.1, -0.05) is 31.5 Å². The lowest BCUT2D eigenvalue weighted by Crippen LogP contribution is -2.40. The number of piperidine rings is 1. The number of thioether (sulfide) groups is 1. The molecule has 1 saturated carbocycles. The van der Waals surface area contributed by atoms with Gasteiger partial charge in [0, 0.05) is 24.0 Å². The summed E-state index contributed by atoms with van der Waals surface area (Å²) in [6, 6.07) is 0.219. The molecule has 0 radical (unpaired) electrons. The number of hydrogen-bond acceptors (Lipinski definition) is 5. The number of carbonyl (C=O) groups excluding carboxylic acids is 1. The van der Waals surface area contributed by atoms with Gasteiger partial charge in [0.2, 0.25) is 5.91 Å². The summed E-state index contributed by atoms with van der Waals surface area (Å²) in [6.45, 7) is 7.99. The van der Waals surface area contributed by atoms with Gasteiger partial charge in [-0.3, -0.25) is 14.2 Å². The van der Waals surface area contributed by atoms with Crippen LogP contribution in [0.25, 0.3) is 10.2 Å². The second-order valence-electron chi connectivity index (χ2n) is 8.35. The molecule has 152 valence electrons. The molecule has 3 heterocycles. The summed E-state index contributed by atoms with van der Waals surface area (Å²) in [6.07, 6.45) is 6.66. The highest BCUT2D eigenvalue weighted by molar-refractivity contribution is 7.99. The number of fused-ring (bicyclic) bond motifs is 1. The fourth-order valence-corrected chi connectivity index (χ4v) is 6.55. The number of aromatic nitrogens is 2. The Hall–Kier alpha value is -1.34. The van der Waals surface area contributed by atoms with Crippen LogP contribution in [-0.2, 0) is 4.79 Å². The molecule has 0 N–H and O–H groups in total. The second kappa shape index (κ2) is 8.19. The molecule has 1 unspecified atom stereocenters. The third-order valence-corrected chi connectivity index (χ3v) is 8.27. The fourth-order valence-electron chi connectivity index (χ4n) is 4.51. The molecule has 0 aromatic carbocycles. The van der Waals surface area contributed by atoms with E-state index in [4.69, 9.17) is 4.98 Å². The summed E-state index contributed by atoms with van der Waals surface area (Å²) in [5.41, 5.74) is 1.14. The lowest BCUT2D eigenvalue weighted by Gasteiger charge is -2.31. The number of hydrogen-bond donors (Lipinski definition) is 0. The summed E-state index contributed by atoms with van der Waals surface area (Å²) >= 11 is 3.04. The van der Waals surface area contributed by atoms with E-state index in [1.807, 2.05) is 16.4 Å². The van der Waals surface area contributed by atoms with Crippen molar-refractivity contribution in [3.05, 3.63) is 20.8 Å². The summed E-state index contributed by atoms with van der Waals surface area (Å²) < 4.78 is 1.91. The normalized spacial score (nSPS) is 21.0. The molecular formula is C21H29N3O2S2. The van der Waals surface area contributed by atoms with Crippen molar-refractivity contribution in [2.75, 3.05) is 18.8 Å². The summed E-state index contributed by atoms with van der Waals surface area (Å²) in [5, 5.41) is 1.50. The Morgan fingerprint density at radius 1 is 1.21 bits per heavy atom. The quantitative estimate of drug-likeness (QED) is 0.539. The van der Waals surface area contributed by atoms with Crippen LogP contribution < -0.4 is 5.56 Å². The van der Waals surface area contributed by atoms with Crippen molar-refractivity contribution in [2.45, 2.75) is 70.5 Å². The van der Waals surface area contributed by atoms with Gasteiger partial charge in [0.15, 0.2) is 5.16 Å². The Labute approximate surface area is 174 Å². The van der Waals surface area contributed by atoms with E-state index in [9.17, 15) is 9.59 Å². The van der Waals surface area contributed by atoms with Crippen LogP contribution in [0.1, 0.15) is 61.9 Å². The van der Waals surface area contributed by atoms with Gasteiger partial charge in [0.25, 0.3) is 5.56 Å². The van der Waals surface area contributed by atoms with E-state index in [0.717, 1.165) is 71.0 Å². The van der Waals surface area contributed by atoms with E-state index >= 15 is 0 Å². The standard InChI is InChI=1S/C21H29N3O2S2/c1-13-7-6-10-23(11-13)17(25)12-27-21-22-19-18(14(2)15(3)28-19)20(26)24(21)16-8-4-5-9-16/h13,16H,4-12H2,1-3H3. The van der Waals surface area contributed by atoms with E-state index in [2.05, 4.69) is 13.8 Å². The summed E-state index contributed by atoms with van der Waals surface area (Å²) in [5.74, 6) is 1.11. The molecule has 2 aromatic rings. The zero-order valence-electron chi connectivity index (χ0n) is 17.0. The van der Waals surface area contributed by atoms with Crippen molar-refractivity contribution in [2.24, 2.45) is 5.92 Å². The van der Waals surface area contributed by atoms with Gasteiger partial charge in [-0.25, -0.2) is 4.98 Å². The first-order valence-corrected chi connectivity index (χ1v) is 12.2. The highest BCUT2D eigenvalue weighted by Crippen LogP contribution is 2.34. The Bertz CT molecular complexity index is 943.